The Bertz CT molecular complexity index is 4460. The molecule has 0 spiro atoms. The van der Waals surface area contributed by atoms with Crippen LogP contribution in [0.5, 0.6) is 11.5 Å². The molecule has 7 N–H and O–H groups in total. The van der Waals surface area contributed by atoms with E-state index < -0.39 is 103 Å². The molecule has 2 radical (unpaired) electrons. The first kappa shape index (κ1) is 109. The number of carboxylic acid groups (broad SMARTS) is 1. The van der Waals surface area contributed by atoms with Gasteiger partial charge < -0.3 is 73.5 Å². The molecule has 6 aliphatic rings. The van der Waals surface area contributed by atoms with Crippen LogP contribution in [-0.4, -0.2) is 164 Å². The van der Waals surface area contributed by atoms with Gasteiger partial charge in [0.15, 0.2) is 20.8 Å². The number of ether oxygens (including phenoxy) is 6. The van der Waals surface area contributed by atoms with Gasteiger partial charge in [0.2, 0.25) is 0 Å². The maximum atomic E-state index is 12.7. The van der Waals surface area contributed by atoms with Crippen LogP contribution in [0.4, 0.5) is 5.13 Å². The summed E-state index contributed by atoms with van der Waals surface area (Å²) >= 11 is 7.24. The number of anilines is 1. The fourth-order valence-electron chi connectivity index (χ4n) is 16.3. The minimum atomic E-state index is -3.49. The fourth-order valence-corrected chi connectivity index (χ4v) is 18.7. The van der Waals surface area contributed by atoms with Crippen LogP contribution in [0.1, 0.15) is 280 Å². The van der Waals surface area contributed by atoms with E-state index in [1.807, 2.05) is 5.38 Å². The number of ketones is 2. The van der Waals surface area contributed by atoms with Crippen molar-refractivity contribution < 1.29 is 126 Å². The number of pyridine rings is 4. The number of hydrogen-bond donors (Lipinski definition) is 5. The first-order chi connectivity index (χ1) is 58.3. The SMILES string of the molecule is C.COC(=O)C(CC1CCCCC1)n1ccc(Cl)cc1=O.COC(=O)C(CC1CCCCC1)n1ccc(S(=O)(=O)C2CCCC2)cc1=O.COC(=O)C(N)CC1CCCCC1.COC(=O)CC(=O)CC(C)=O.COC(=O)c1cn(C(CC2CCCCC2)C(=O)OC)c(=O)cc1O.Nc1nccs1.O=C(O)C(CC1CCCCC1)n1ccc(O)cc1=O.[3H][B].[U]. The van der Waals surface area contributed by atoms with E-state index in [0.717, 1.165) is 126 Å². The fraction of sp³-hybridized carbons (Fsp3) is 0.632. The van der Waals surface area contributed by atoms with E-state index in [4.69, 9.17) is 38.6 Å². The predicted molar refractivity (Wildman–Crippen MR) is 465 cm³/mol. The summed E-state index contributed by atoms with van der Waals surface area (Å²) in [6.07, 6.45) is 41.7. The van der Waals surface area contributed by atoms with Crippen molar-refractivity contribution in [3.8, 4) is 11.5 Å². The summed E-state index contributed by atoms with van der Waals surface area (Å²) in [6, 6.07) is 5.59. The zero-order valence-electron chi connectivity index (χ0n) is 72.4. The zero-order valence-corrected chi connectivity index (χ0v) is 77.9. The Hall–Kier alpha value is -8.22. The molecule has 6 saturated carbocycles. The van der Waals surface area contributed by atoms with Crippen LogP contribution in [0.2, 0.25) is 5.02 Å². The predicted octanol–water partition coefficient (Wildman–Crippen LogP) is 12.9. The number of aromatic nitrogens is 5. The average molecular weight is 2010 g/mol. The van der Waals surface area contributed by atoms with Gasteiger partial charge in [-0.15, -0.1) is 11.3 Å². The van der Waals surface area contributed by atoms with Gasteiger partial charge in [-0.2, -0.15) is 0 Å². The molecule has 5 unspecified atom stereocenters. The van der Waals surface area contributed by atoms with Crippen LogP contribution in [0.25, 0.3) is 0 Å². The smallest absolute Gasteiger partial charge is 0.343 e. The van der Waals surface area contributed by atoms with Crippen molar-refractivity contribution in [2.45, 2.75) is 286 Å². The number of methoxy groups -OCH3 is 6. The van der Waals surface area contributed by atoms with Gasteiger partial charge in [-0.1, -0.05) is 192 Å². The number of Topliss-reactive ketones (excluding diaryl/α,β-unsaturated/α-hetero) is 2. The number of carbonyl (C=O) groups excluding carboxylic acids is 8. The third-order valence-corrected chi connectivity index (χ3v) is 25.9. The molecule has 36 heteroatoms. The molecule has 6 fully saturated rings. The molecule has 5 heterocycles. The maximum absolute atomic E-state index is 12.7. The zero-order chi connectivity index (χ0) is 90.4. The molecule has 0 saturated heterocycles. The van der Waals surface area contributed by atoms with E-state index >= 15 is 0 Å². The number of nitrogen functional groups attached to an aromatic ring is 1. The second-order valence-electron chi connectivity index (χ2n) is 31.4. The number of carboxylic acids is 1. The van der Waals surface area contributed by atoms with Crippen molar-refractivity contribution in [1.29, 1.82) is 1.34 Å². The average Bonchev–Trinajstić information content (AvgIpc) is 1.29. The van der Waals surface area contributed by atoms with Crippen LogP contribution in [-0.2, 0) is 76.6 Å². The second kappa shape index (κ2) is 58.9. The Balaban J connectivity index is 0.000000503. The standard InChI is InChI=1S/C20H29NO5S.C17H23NO6.C15H20ClNO3.C14H19NO4.C10H19NO2.C7H10O4.C3H4N2S.CH4.BH.U/c1-26-20(23)18(13-15-7-3-2-4-8-15)21-12-11-17(14-19(21)22)27(24,25)16-9-5-6-10-16;1-23-16(21)12-10-18(15(20)9-14(12)19)13(17(22)24-2)8-11-6-4-3-5-7-11;1-20-15(19)13(9-11-5-3-2-4-6-11)17-8-7-12(16)10-14(17)18;16-11-6-7-15(13(17)9-11)12(14(18)19)8-10-4-2-1-3-5-10;1-13-10(12)9(11)7-8-5-3-2-4-6-8;1-5(8)3-6(9)4-7(10)11-2;4-3-5-1-2-6-3;;;/h11-12,14-16,18H,2-10,13H2,1H3;9-11,13,19H,3-8H2,1-2H3;7-8,10-11,13H,2-6,9H2,1H3;6-7,9-10,12,16H,1-5,8H2,(H,18,19);8-9H,2-7,11H2,1H3;3-4H2,1-2H3;1-2H,(H2,4,5);1H4;1H;/i;;;;;;;;1T;. The molecular formula is C87H129BClN7O24S2U. The number of nitrogens with two attached hydrogens (primary N) is 2. The Kier molecular flexibility index (Phi) is 52.2. The topological polar surface area (TPSA) is 457 Å². The van der Waals surface area contributed by atoms with Crippen LogP contribution < -0.4 is 33.7 Å². The summed E-state index contributed by atoms with van der Waals surface area (Å²) < 4.78 is 63.9. The Labute approximate surface area is 757 Å². The molecule has 5 aromatic rings. The number of aliphatic carboxylic acids is 1. The molecule has 11 rings (SSSR count). The number of hydrogen-bond acceptors (Lipinski definition) is 27. The van der Waals surface area contributed by atoms with Crippen molar-refractivity contribution in [1.82, 2.24) is 23.3 Å². The van der Waals surface area contributed by atoms with Gasteiger partial charge in [-0.05, 0) is 101 Å². The third-order valence-electron chi connectivity index (χ3n) is 22.8. The first-order valence-corrected chi connectivity index (χ1v) is 44.4. The van der Waals surface area contributed by atoms with Crippen LogP contribution >= 0.6 is 22.9 Å². The number of thiazole rings is 1. The summed E-state index contributed by atoms with van der Waals surface area (Å²) in [7, 11) is 7.98. The number of halogens is 1. The van der Waals surface area contributed by atoms with Crippen LogP contribution in [0.15, 0.2) is 103 Å². The molecule has 0 bridgehead atoms. The largest absolute Gasteiger partial charge is 0.508 e. The van der Waals surface area contributed by atoms with Crippen LogP contribution in [0, 0.1) is 60.7 Å². The van der Waals surface area contributed by atoms with Gasteiger partial charge in [0, 0.05) is 105 Å². The van der Waals surface area contributed by atoms with Gasteiger partial charge in [-0.3, -0.25) is 38.4 Å². The molecule has 31 nitrogen and oxygen atoms in total. The maximum Gasteiger partial charge on any atom is 0.343 e. The van der Waals surface area contributed by atoms with Gasteiger partial charge in [-0.25, -0.2) is 37.4 Å². The Morgan fingerprint density at radius 2 is 0.894 bits per heavy atom. The third kappa shape index (κ3) is 38.3. The summed E-state index contributed by atoms with van der Waals surface area (Å²) in [5.41, 5.74) is 8.96. The van der Waals surface area contributed by atoms with Crippen molar-refractivity contribution in [3.05, 3.63) is 131 Å². The van der Waals surface area contributed by atoms with Crippen molar-refractivity contribution in [3.63, 3.8) is 0 Å². The second-order valence-corrected chi connectivity index (χ2v) is 35.0. The van der Waals surface area contributed by atoms with E-state index in [1.54, 1.807) is 18.5 Å². The number of esters is 6. The number of carbonyl (C=O) groups is 9. The minimum Gasteiger partial charge on any atom is -0.508 e. The number of nitrogens with zero attached hydrogens (tertiary/aromatic N) is 5. The number of rotatable bonds is 26. The molecular weight excluding hydrogens is 1880 g/mol. The van der Waals surface area contributed by atoms with Gasteiger partial charge in [0.25, 0.3) is 22.2 Å². The number of aromatic hydroxyl groups is 2. The first-order valence-electron chi connectivity index (χ1n) is 42.2. The molecule has 682 valence electrons. The van der Waals surface area contributed by atoms with Crippen molar-refractivity contribution in [2.75, 3.05) is 48.4 Å². The Morgan fingerprint density at radius 1 is 0.520 bits per heavy atom. The summed E-state index contributed by atoms with van der Waals surface area (Å²) in [5.74, 6) is -3.02. The monoisotopic (exact) mass is 2010 g/mol. The van der Waals surface area contributed by atoms with E-state index in [2.05, 4.69) is 27.6 Å². The molecule has 0 aromatic carbocycles. The summed E-state index contributed by atoms with van der Waals surface area (Å²) in [4.78, 5) is 155. The Morgan fingerprint density at radius 3 is 1.25 bits per heavy atom. The molecule has 0 aliphatic heterocycles. The molecule has 123 heavy (non-hydrogen) atoms. The van der Waals surface area contributed by atoms with Crippen molar-refractivity contribution >= 4 is 99.6 Å². The molecule has 5 atom stereocenters. The van der Waals surface area contributed by atoms with E-state index in [0.29, 0.717) is 78.3 Å². The van der Waals surface area contributed by atoms with E-state index in [-0.39, 0.29) is 90.9 Å². The normalized spacial score (nSPS) is 16.9. The van der Waals surface area contributed by atoms with Crippen molar-refractivity contribution in [2.24, 2.45) is 35.3 Å². The minimum absolute atomic E-state index is 0. The quantitative estimate of drug-likeness (QED) is 0.0149. The summed E-state index contributed by atoms with van der Waals surface area (Å²) in [6.45, 7) is 1.30. The van der Waals surface area contributed by atoms with Crippen LogP contribution in [0.3, 0.4) is 0 Å². The molecule has 5 aromatic heterocycles. The number of sulfone groups is 1. The summed E-state index contributed by atoms with van der Waals surface area (Å²) in [5, 5.41) is 30.8. The van der Waals surface area contributed by atoms with E-state index in [9.17, 15) is 86.1 Å². The molecule has 0 amide bonds. The van der Waals surface area contributed by atoms with Gasteiger partial charge >= 0.3 is 41.8 Å². The molecule has 6 aliphatic carbocycles. The van der Waals surface area contributed by atoms with Gasteiger partial charge in [0.05, 0.1) is 59.2 Å². The van der Waals surface area contributed by atoms with Gasteiger partial charge in [0.1, 0.15) is 59.5 Å². The van der Waals surface area contributed by atoms with E-state index in [1.165, 1.54) is 188 Å².